The Morgan fingerprint density at radius 2 is 2.11 bits per heavy atom. The van der Waals surface area contributed by atoms with Crippen LogP contribution in [-0.4, -0.2) is 36.9 Å². The molecule has 0 aromatic carbocycles. The molecule has 0 bridgehead atoms. The van der Waals surface area contributed by atoms with Crippen LogP contribution in [0.15, 0.2) is 12.3 Å². The molecule has 1 aliphatic carbocycles. The van der Waals surface area contributed by atoms with Crippen molar-refractivity contribution >= 4 is 11.6 Å². The number of amides is 1. The number of nitrogens with one attached hydrogen (secondary N) is 1. The van der Waals surface area contributed by atoms with Gasteiger partial charge in [-0.15, -0.1) is 0 Å². The average Bonchev–Trinajstić information content (AvgIpc) is 3.21. The Balaban J connectivity index is 1.61. The molecule has 0 unspecified atom stereocenters. The third kappa shape index (κ3) is 4.15. The number of aryl methyl sites for hydroxylation is 2. The molecule has 1 aliphatic rings. The van der Waals surface area contributed by atoms with Gasteiger partial charge in [-0.3, -0.25) is 24.3 Å². The lowest BCUT2D eigenvalue weighted by Crippen LogP contribution is -2.28. The molecule has 1 N–H and O–H groups in total. The molecular formula is C16H19F3N6O3. The van der Waals surface area contributed by atoms with Crippen molar-refractivity contribution in [2.45, 2.75) is 51.4 Å². The summed E-state index contributed by atoms with van der Waals surface area (Å²) >= 11 is 0. The summed E-state index contributed by atoms with van der Waals surface area (Å²) in [5.74, 6) is -0.551. The lowest BCUT2D eigenvalue weighted by Gasteiger charge is -2.09. The maximum atomic E-state index is 12.9. The monoisotopic (exact) mass is 400 g/mol. The van der Waals surface area contributed by atoms with Crippen LogP contribution in [0.1, 0.15) is 54.0 Å². The number of rotatable bonds is 8. The highest BCUT2D eigenvalue weighted by Gasteiger charge is 2.37. The molecule has 2 heterocycles. The van der Waals surface area contributed by atoms with Gasteiger partial charge in [-0.1, -0.05) is 0 Å². The minimum Gasteiger partial charge on any atom is -0.350 e. The van der Waals surface area contributed by atoms with Crippen LogP contribution < -0.4 is 5.32 Å². The standard InChI is InChI=1S/C16H19F3N6O3/c1-2-23-14(12(9-21-23)25(27)28)15(26)20-6-3-7-24-11(10-4-5-10)8-13(22-24)16(17,18)19/h8-10H,2-7H2,1H3,(H,20,26). The van der Waals surface area contributed by atoms with Gasteiger partial charge in [0.1, 0.15) is 6.20 Å². The molecule has 152 valence electrons. The van der Waals surface area contributed by atoms with Crippen LogP contribution in [0.4, 0.5) is 18.9 Å². The molecule has 1 fully saturated rings. The van der Waals surface area contributed by atoms with Gasteiger partial charge in [0.25, 0.3) is 5.91 Å². The fourth-order valence-corrected chi connectivity index (χ4v) is 2.95. The van der Waals surface area contributed by atoms with Crippen molar-refractivity contribution in [3.8, 4) is 0 Å². The zero-order valence-electron chi connectivity index (χ0n) is 15.1. The van der Waals surface area contributed by atoms with Gasteiger partial charge in [-0.05, 0) is 32.3 Å². The first-order chi connectivity index (χ1) is 13.2. The molecular weight excluding hydrogens is 381 g/mol. The number of alkyl halides is 3. The summed E-state index contributed by atoms with van der Waals surface area (Å²) < 4.78 is 41.2. The van der Waals surface area contributed by atoms with E-state index >= 15 is 0 Å². The van der Waals surface area contributed by atoms with Gasteiger partial charge >= 0.3 is 11.9 Å². The minimum atomic E-state index is -4.50. The van der Waals surface area contributed by atoms with Crippen LogP contribution in [-0.2, 0) is 19.3 Å². The predicted octanol–water partition coefficient (Wildman–Crippen LogP) is 2.72. The number of carbonyl (C=O) groups is 1. The molecule has 2 aromatic rings. The second-order valence-electron chi connectivity index (χ2n) is 6.51. The van der Waals surface area contributed by atoms with Crippen LogP contribution in [0, 0.1) is 10.1 Å². The van der Waals surface area contributed by atoms with Gasteiger partial charge in [0.05, 0.1) is 4.92 Å². The Kier molecular flexibility index (Phi) is 5.38. The quantitative estimate of drug-likeness (QED) is 0.416. The Bertz CT molecular complexity index is 885. The topological polar surface area (TPSA) is 108 Å². The molecule has 0 radical (unpaired) electrons. The summed E-state index contributed by atoms with van der Waals surface area (Å²) in [6.07, 6.45) is -1.48. The first-order valence-corrected chi connectivity index (χ1v) is 8.85. The predicted molar refractivity (Wildman–Crippen MR) is 90.7 cm³/mol. The largest absolute Gasteiger partial charge is 0.435 e. The van der Waals surface area contributed by atoms with Crippen LogP contribution in [0.5, 0.6) is 0 Å². The maximum absolute atomic E-state index is 12.9. The van der Waals surface area contributed by atoms with E-state index < -0.39 is 28.4 Å². The van der Waals surface area contributed by atoms with E-state index in [4.69, 9.17) is 0 Å². The van der Waals surface area contributed by atoms with Gasteiger partial charge in [0.15, 0.2) is 5.69 Å². The first-order valence-electron chi connectivity index (χ1n) is 8.85. The molecule has 28 heavy (non-hydrogen) atoms. The number of carbonyl (C=O) groups excluding carboxylic acids is 1. The van der Waals surface area contributed by atoms with Gasteiger partial charge in [0, 0.05) is 31.2 Å². The molecule has 0 spiro atoms. The lowest BCUT2D eigenvalue weighted by molar-refractivity contribution is -0.385. The molecule has 0 aliphatic heterocycles. The molecule has 0 saturated heterocycles. The van der Waals surface area contributed by atoms with E-state index in [1.165, 1.54) is 9.36 Å². The summed E-state index contributed by atoms with van der Waals surface area (Å²) in [7, 11) is 0. The normalized spacial score (nSPS) is 14.3. The summed E-state index contributed by atoms with van der Waals surface area (Å²) in [4.78, 5) is 22.6. The zero-order chi connectivity index (χ0) is 20.5. The number of hydrogen-bond acceptors (Lipinski definition) is 5. The number of halogens is 3. The van der Waals surface area contributed by atoms with Crippen molar-refractivity contribution in [1.29, 1.82) is 0 Å². The molecule has 12 heteroatoms. The van der Waals surface area contributed by atoms with Crippen LogP contribution in [0.3, 0.4) is 0 Å². The lowest BCUT2D eigenvalue weighted by atomic mass is 10.2. The molecule has 2 aromatic heterocycles. The van der Waals surface area contributed by atoms with Gasteiger partial charge in [-0.2, -0.15) is 23.4 Å². The average molecular weight is 400 g/mol. The van der Waals surface area contributed by atoms with E-state index in [1.807, 2.05) is 0 Å². The van der Waals surface area contributed by atoms with Crippen LogP contribution in [0.25, 0.3) is 0 Å². The Morgan fingerprint density at radius 3 is 2.68 bits per heavy atom. The molecule has 3 rings (SSSR count). The van der Waals surface area contributed by atoms with E-state index in [1.54, 1.807) is 6.92 Å². The third-order valence-electron chi connectivity index (χ3n) is 4.46. The fraction of sp³-hybridized carbons (Fsp3) is 0.562. The SMILES string of the molecule is CCn1ncc([N+](=O)[O-])c1C(=O)NCCCn1nc(C(F)(F)F)cc1C1CC1. The number of nitro groups is 1. The molecule has 0 atom stereocenters. The fourth-order valence-electron chi connectivity index (χ4n) is 2.95. The van der Waals surface area contributed by atoms with Crippen molar-refractivity contribution in [2.24, 2.45) is 0 Å². The highest BCUT2D eigenvalue weighted by Crippen LogP contribution is 2.42. The highest BCUT2D eigenvalue weighted by molar-refractivity contribution is 5.96. The summed E-state index contributed by atoms with van der Waals surface area (Å²) in [6, 6.07) is 1.08. The molecule has 1 amide bonds. The van der Waals surface area contributed by atoms with E-state index in [2.05, 4.69) is 15.5 Å². The number of aromatic nitrogens is 4. The number of nitrogens with zero attached hydrogens (tertiary/aromatic N) is 5. The van der Waals surface area contributed by atoms with Crippen LogP contribution in [0.2, 0.25) is 0 Å². The smallest absolute Gasteiger partial charge is 0.350 e. The second-order valence-corrected chi connectivity index (χ2v) is 6.51. The zero-order valence-corrected chi connectivity index (χ0v) is 15.1. The van der Waals surface area contributed by atoms with E-state index in [9.17, 15) is 28.1 Å². The Morgan fingerprint density at radius 1 is 1.39 bits per heavy atom. The second kappa shape index (κ2) is 7.60. The van der Waals surface area contributed by atoms with E-state index in [0.717, 1.165) is 25.1 Å². The minimum absolute atomic E-state index is 0.0970. The first kappa shape index (κ1) is 19.8. The summed E-state index contributed by atoms with van der Waals surface area (Å²) in [6.45, 7) is 2.32. The van der Waals surface area contributed by atoms with Gasteiger partial charge in [0.2, 0.25) is 5.69 Å². The van der Waals surface area contributed by atoms with Gasteiger partial charge < -0.3 is 5.32 Å². The summed E-state index contributed by atoms with van der Waals surface area (Å²) in [5, 5.41) is 21.0. The van der Waals surface area contributed by atoms with Crippen molar-refractivity contribution < 1.29 is 22.9 Å². The Hall–Kier alpha value is -2.92. The van der Waals surface area contributed by atoms with Crippen molar-refractivity contribution in [1.82, 2.24) is 24.9 Å². The third-order valence-corrected chi connectivity index (χ3v) is 4.46. The highest BCUT2D eigenvalue weighted by atomic mass is 19.4. The van der Waals surface area contributed by atoms with E-state index in [-0.39, 0.29) is 31.2 Å². The maximum Gasteiger partial charge on any atom is 0.435 e. The van der Waals surface area contributed by atoms with Crippen molar-refractivity contribution in [3.63, 3.8) is 0 Å². The molecule has 9 nitrogen and oxygen atoms in total. The number of hydrogen-bond donors (Lipinski definition) is 1. The van der Waals surface area contributed by atoms with Crippen molar-refractivity contribution in [3.05, 3.63) is 39.5 Å². The van der Waals surface area contributed by atoms with Crippen molar-refractivity contribution in [2.75, 3.05) is 6.54 Å². The molecule has 1 saturated carbocycles. The van der Waals surface area contributed by atoms with Gasteiger partial charge in [-0.25, -0.2) is 0 Å². The van der Waals surface area contributed by atoms with E-state index in [0.29, 0.717) is 12.1 Å². The Labute approximate surface area is 157 Å². The summed E-state index contributed by atoms with van der Waals surface area (Å²) in [5.41, 5.74) is -0.902. The van der Waals surface area contributed by atoms with Crippen LogP contribution >= 0.6 is 0 Å².